The SMILES string of the molecule is CCCN1C[C@H]2CC[C@@H](C1)O2. The molecule has 2 heteroatoms. The van der Waals surface area contributed by atoms with Crippen molar-refractivity contribution in [1.29, 1.82) is 0 Å². The molecule has 0 N–H and O–H groups in total. The van der Waals surface area contributed by atoms with Gasteiger partial charge in [-0.05, 0) is 25.8 Å². The summed E-state index contributed by atoms with van der Waals surface area (Å²) in [4.78, 5) is 2.55. The summed E-state index contributed by atoms with van der Waals surface area (Å²) < 4.78 is 5.73. The van der Waals surface area contributed by atoms with Gasteiger partial charge in [-0.2, -0.15) is 0 Å². The predicted octanol–water partition coefficient (Wildman–Crippen LogP) is 1.26. The molecule has 0 aromatic carbocycles. The average Bonchev–Trinajstić information content (AvgIpc) is 2.32. The van der Waals surface area contributed by atoms with Crippen LogP contribution in [0.25, 0.3) is 0 Å². The van der Waals surface area contributed by atoms with Crippen LogP contribution in [0.2, 0.25) is 0 Å². The van der Waals surface area contributed by atoms with Crippen molar-refractivity contribution in [3.63, 3.8) is 0 Å². The molecule has 2 aliphatic rings. The molecule has 11 heavy (non-hydrogen) atoms. The van der Waals surface area contributed by atoms with Crippen LogP contribution in [0.3, 0.4) is 0 Å². The van der Waals surface area contributed by atoms with Crippen LogP contribution in [-0.2, 0) is 4.74 Å². The third-order valence-corrected chi connectivity index (χ3v) is 2.66. The zero-order valence-electron chi connectivity index (χ0n) is 7.25. The van der Waals surface area contributed by atoms with Crippen LogP contribution in [0.4, 0.5) is 0 Å². The Hall–Kier alpha value is -0.0800. The molecule has 0 radical (unpaired) electrons. The summed E-state index contributed by atoms with van der Waals surface area (Å²) in [6.45, 7) is 5.88. The number of morpholine rings is 1. The highest BCUT2D eigenvalue weighted by atomic mass is 16.5. The molecule has 64 valence electrons. The van der Waals surface area contributed by atoms with Crippen LogP contribution in [0.1, 0.15) is 26.2 Å². The standard InChI is InChI=1S/C9H17NO/c1-2-5-10-6-8-3-4-9(7-10)11-8/h8-9H,2-7H2,1H3/t8-,9+. The summed E-state index contributed by atoms with van der Waals surface area (Å²) in [6, 6.07) is 0. The van der Waals surface area contributed by atoms with Crippen molar-refractivity contribution in [3.05, 3.63) is 0 Å². The van der Waals surface area contributed by atoms with Gasteiger partial charge >= 0.3 is 0 Å². The maximum absolute atomic E-state index is 5.73. The monoisotopic (exact) mass is 155 g/mol. The van der Waals surface area contributed by atoms with Gasteiger partial charge in [-0.1, -0.05) is 6.92 Å². The number of ether oxygens (including phenoxy) is 1. The van der Waals surface area contributed by atoms with Gasteiger partial charge in [0.1, 0.15) is 0 Å². The number of hydrogen-bond acceptors (Lipinski definition) is 2. The minimum absolute atomic E-state index is 0.570. The van der Waals surface area contributed by atoms with Crippen molar-refractivity contribution in [2.75, 3.05) is 19.6 Å². The molecular weight excluding hydrogens is 138 g/mol. The molecule has 0 spiro atoms. The van der Waals surface area contributed by atoms with Crippen LogP contribution < -0.4 is 0 Å². The fraction of sp³-hybridized carbons (Fsp3) is 1.00. The van der Waals surface area contributed by atoms with E-state index in [2.05, 4.69) is 11.8 Å². The van der Waals surface area contributed by atoms with Gasteiger partial charge in [0.15, 0.2) is 0 Å². The lowest BCUT2D eigenvalue weighted by Gasteiger charge is -2.31. The summed E-state index contributed by atoms with van der Waals surface area (Å²) in [5.74, 6) is 0. The summed E-state index contributed by atoms with van der Waals surface area (Å²) >= 11 is 0. The first-order valence-corrected chi connectivity index (χ1v) is 4.76. The Morgan fingerprint density at radius 2 is 1.91 bits per heavy atom. The largest absolute Gasteiger partial charge is 0.372 e. The Bertz CT molecular complexity index is 126. The topological polar surface area (TPSA) is 12.5 Å². The smallest absolute Gasteiger partial charge is 0.0707 e. The fourth-order valence-electron chi connectivity index (χ4n) is 2.20. The normalized spacial score (nSPS) is 37.9. The number of rotatable bonds is 2. The highest BCUT2D eigenvalue weighted by molar-refractivity contribution is 4.84. The molecule has 0 aromatic rings. The number of nitrogens with zero attached hydrogens (tertiary/aromatic N) is 1. The summed E-state index contributed by atoms with van der Waals surface area (Å²) in [7, 11) is 0. The average molecular weight is 155 g/mol. The van der Waals surface area contributed by atoms with Gasteiger partial charge in [0.2, 0.25) is 0 Å². The lowest BCUT2D eigenvalue weighted by molar-refractivity contribution is -0.0380. The van der Waals surface area contributed by atoms with Crippen molar-refractivity contribution >= 4 is 0 Å². The van der Waals surface area contributed by atoms with E-state index in [-0.39, 0.29) is 0 Å². The highest BCUT2D eigenvalue weighted by Crippen LogP contribution is 2.25. The quantitative estimate of drug-likeness (QED) is 0.595. The highest BCUT2D eigenvalue weighted by Gasteiger charge is 2.32. The van der Waals surface area contributed by atoms with Gasteiger partial charge < -0.3 is 4.74 Å². The van der Waals surface area contributed by atoms with E-state index in [0.29, 0.717) is 12.2 Å². The van der Waals surface area contributed by atoms with Crippen molar-refractivity contribution in [3.8, 4) is 0 Å². The first kappa shape index (κ1) is 7.56. The lowest BCUT2D eigenvalue weighted by atomic mass is 10.2. The molecule has 2 aliphatic heterocycles. The van der Waals surface area contributed by atoms with Crippen molar-refractivity contribution < 1.29 is 4.74 Å². The molecule has 0 aliphatic carbocycles. The zero-order valence-corrected chi connectivity index (χ0v) is 7.25. The number of likely N-dealkylation sites (tertiary alicyclic amines) is 1. The summed E-state index contributed by atoms with van der Waals surface area (Å²) in [5, 5.41) is 0. The van der Waals surface area contributed by atoms with Crippen LogP contribution in [-0.4, -0.2) is 36.7 Å². The Morgan fingerprint density at radius 1 is 1.27 bits per heavy atom. The van der Waals surface area contributed by atoms with Gasteiger partial charge in [-0.25, -0.2) is 0 Å². The maximum atomic E-state index is 5.73. The van der Waals surface area contributed by atoms with Gasteiger partial charge in [0.25, 0.3) is 0 Å². The van der Waals surface area contributed by atoms with Crippen molar-refractivity contribution in [1.82, 2.24) is 4.90 Å². The molecule has 2 heterocycles. The maximum Gasteiger partial charge on any atom is 0.0707 e. The molecule has 2 atom stereocenters. The van der Waals surface area contributed by atoms with Gasteiger partial charge in [0.05, 0.1) is 12.2 Å². The van der Waals surface area contributed by atoms with E-state index >= 15 is 0 Å². The first-order chi connectivity index (χ1) is 5.38. The number of hydrogen-bond donors (Lipinski definition) is 0. The van der Waals surface area contributed by atoms with Crippen molar-refractivity contribution in [2.24, 2.45) is 0 Å². The third kappa shape index (κ3) is 1.57. The van der Waals surface area contributed by atoms with Crippen LogP contribution in [0, 0.1) is 0 Å². The van der Waals surface area contributed by atoms with Gasteiger partial charge in [-0.3, -0.25) is 4.90 Å². The van der Waals surface area contributed by atoms with Crippen LogP contribution >= 0.6 is 0 Å². The molecule has 2 nitrogen and oxygen atoms in total. The van der Waals surface area contributed by atoms with Crippen molar-refractivity contribution in [2.45, 2.75) is 38.4 Å². The molecule has 0 unspecified atom stereocenters. The molecule has 2 fully saturated rings. The van der Waals surface area contributed by atoms with E-state index < -0.39 is 0 Å². The molecular formula is C9H17NO. The predicted molar refractivity (Wildman–Crippen MR) is 44.6 cm³/mol. The molecule has 2 saturated heterocycles. The molecule has 2 bridgehead atoms. The minimum Gasteiger partial charge on any atom is -0.372 e. The van der Waals surface area contributed by atoms with E-state index in [1.54, 1.807) is 0 Å². The van der Waals surface area contributed by atoms with Crippen LogP contribution in [0.5, 0.6) is 0 Å². The molecule has 2 rings (SSSR count). The second-order valence-corrected chi connectivity index (χ2v) is 3.72. The summed E-state index contributed by atoms with van der Waals surface area (Å²) in [6.07, 6.45) is 5.01. The second-order valence-electron chi connectivity index (χ2n) is 3.72. The Morgan fingerprint density at radius 3 is 2.45 bits per heavy atom. The molecule has 0 amide bonds. The molecule has 0 saturated carbocycles. The summed E-state index contributed by atoms with van der Waals surface area (Å²) in [5.41, 5.74) is 0. The Balaban J connectivity index is 1.87. The van der Waals surface area contributed by atoms with E-state index in [9.17, 15) is 0 Å². The van der Waals surface area contributed by atoms with E-state index in [1.165, 1.54) is 38.9 Å². The zero-order chi connectivity index (χ0) is 7.68. The second kappa shape index (κ2) is 3.11. The van der Waals surface area contributed by atoms with Gasteiger partial charge in [-0.15, -0.1) is 0 Å². The minimum atomic E-state index is 0.570. The van der Waals surface area contributed by atoms with E-state index in [0.717, 1.165) is 0 Å². The molecule has 0 aromatic heterocycles. The Labute approximate surface area is 68.5 Å². The third-order valence-electron chi connectivity index (χ3n) is 2.66. The van der Waals surface area contributed by atoms with E-state index in [4.69, 9.17) is 4.74 Å². The Kier molecular flexibility index (Phi) is 2.14. The first-order valence-electron chi connectivity index (χ1n) is 4.76. The van der Waals surface area contributed by atoms with Crippen LogP contribution in [0.15, 0.2) is 0 Å². The number of fused-ring (bicyclic) bond motifs is 2. The van der Waals surface area contributed by atoms with E-state index in [1.807, 2.05) is 0 Å². The van der Waals surface area contributed by atoms with Gasteiger partial charge in [0, 0.05) is 13.1 Å². The fourth-order valence-corrected chi connectivity index (χ4v) is 2.20. The lowest BCUT2D eigenvalue weighted by Crippen LogP contribution is -2.42.